The fraction of sp³-hybridized carbons (Fsp3) is 0.481. The van der Waals surface area contributed by atoms with Crippen LogP contribution in [0.4, 0.5) is 4.39 Å². The van der Waals surface area contributed by atoms with Gasteiger partial charge in [-0.3, -0.25) is 4.99 Å². The molecule has 2 rings (SSSR count). The first-order valence-corrected chi connectivity index (χ1v) is 11.9. The topological polar surface area (TPSA) is 41.5 Å². The molecule has 0 atom stereocenters. The van der Waals surface area contributed by atoms with Gasteiger partial charge in [-0.2, -0.15) is 0 Å². The van der Waals surface area contributed by atoms with E-state index < -0.39 is 0 Å². The summed E-state index contributed by atoms with van der Waals surface area (Å²) in [5.74, 6) is 0.440. The molecule has 1 saturated heterocycles. The van der Waals surface area contributed by atoms with Gasteiger partial charge >= 0.3 is 0 Å². The Balaban J connectivity index is 2.10. The molecular weight excluding hydrogens is 398 g/mol. The van der Waals surface area contributed by atoms with E-state index in [-0.39, 0.29) is 11.5 Å². The highest BCUT2D eigenvalue weighted by Crippen LogP contribution is 2.23. The molecule has 0 aliphatic carbocycles. The fourth-order valence-electron chi connectivity index (χ4n) is 4.22. The van der Waals surface area contributed by atoms with Gasteiger partial charge in [-0.25, -0.2) is 4.39 Å². The lowest BCUT2D eigenvalue weighted by molar-refractivity contribution is -0.106. The molecule has 0 bridgehead atoms. The van der Waals surface area contributed by atoms with Crippen molar-refractivity contribution in [3.63, 3.8) is 0 Å². The van der Waals surface area contributed by atoms with E-state index in [1.165, 1.54) is 6.07 Å². The number of carbonyl (C=O) groups is 1. The van der Waals surface area contributed by atoms with Gasteiger partial charge < -0.3 is 10.1 Å². The zero-order chi connectivity index (χ0) is 23.5. The smallest absolute Gasteiger partial charge is 0.213 e. The molecule has 0 unspecified atom stereocenters. The molecule has 1 aromatic carbocycles. The maximum atomic E-state index is 13.6. The fourth-order valence-corrected chi connectivity index (χ4v) is 4.22. The van der Waals surface area contributed by atoms with Crippen molar-refractivity contribution in [2.75, 3.05) is 13.1 Å². The lowest BCUT2D eigenvalue weighted by Gasteiger charge is -2.21. The maximum absolute atomic E-state index is 13.6. The van der Waals surface area contributed by atoms with E-state index >= 15 is 0 Å². The molecule has 172 valence electrons. The third-order valence-electron chi connectivity index (χ3n) is 6.20. The van der Waals surface area contributed by atoms with Crippen LogP contribution in [0.25, 0.3) is 0 Å². The number of rotatable bonds is 11. The van der Waals surface area contributed by atoms with Crippen LogP contribution in [-0.4, -0.2) is 31.8 Å². The standard InChI is InChI=1S/C27H38BFN2O/c1-6-8-23(9-7-10-24-17-25(29)12-11-20(24)4)26(19(2)3)31-21(5)27(32)28-18-22-13-15-30-16-14-22/h6,8,11-12,17,22,28,30H,2,7,9-10,13-16,18H2,1,3-5H3/b8-6-,26-23-,31-21+. The number of nitrogens with zero attached hydrogens (tertiary/aromatic N) is 1. The van der Waals surface area contributed by atoms with E-state index in [9.17, 15) is 9.18 Å². The molecule has 5 heteroatoms. The van der Waals surface area contributed by atoms with Gasteiger partial charge in [-0.05, 0) is 113 Å². The van der Waals surface area contributed by atoms with Gasteiger partial charge in [-0.1, -0.05) is 31.1 Å². The van der Waals surface area contributed by atoms with Gasteiger partial charge in [-0.15, -0.1) is 0 Å². The second kappa shape index (κ2) is 13.3. The van der Waals surface area contributed by atoms with Gasteiger partial charge in [0.1, 0.15) is 11.5 Å². The van der Waals surface area contributed by atoms with Crippen LogP contribution in [0.1, 0.15) is 57.6 Å². The van der Waals surface area contributed by atoms with E-state index in [0.717, 1.165) is 79.5 Å². The summed E-state index contributed by atoms with van der Waals surface area (Å²) in [4.78, 5) is 17.5. The Morgan fingerprint density at radius 3 is 2.69 bits per heavy atom. The predicted molar refractivity (Wildman–Crippen MR) is 136 cm³/mol. The number of hydrogen-bond acceptors (Lipinski definition) is 3. The Morgan fingerprint density at radius 1 is 1.31 bits per heavy atom. The van der Waals surface area contributed by atoms with Crippen LogP contribution in [0, 0.1) is 18.7 Å². The van der Waals surface area contributed by atoms with Crippen molar-refractivity contribution in [2.45, 2.75) is 66.1 Å². The Morgan fingerprint density at radius 2 is 2.03 bits per heavy atom. The Labute approximate surface area is 194 Å². The van der Waals surface area contributed by atoms with Crippen molar-refractivity contribution in [1.29, 1.82) is 0 Å². The normalized spacial score (nSPS) is 16.2. The first-order valence-electron chi connectivity index (χ1n) is 11.9. The summed E-state index contributed by atoms with van der Waals surface area (Å²) < 4.78 is 13.6. The van der Waals surface area contributed by atoms with Gasteiger partial charge in [0.2, 0.25) is 7.28 Å². The van der Waals surface area contributed by atoms with Crippen molar-refractivity contribution in [1.82, 2.24) is 5.32 Å². The van der Waals surface area contributed by atoms with E-state index in [1.54, 1.807) is 6.07 Å². The number of benzene rings is 1. The summed E-state index contributed by atoms with van der Waals surface area (Å²) in [5.41, 5.74) is 5.54. The molecule has 1 heterocycles. The van der Waals surface area contributed by atoms with Gasteiger partial charge in [0.25, 0.3) is 0 Å². The highest BCUT2D eigenvalue weighted by Gasteiger charge is 2.17. The zero-order valence-corrected chi connectivity index (χ0v) is 20.3. The van der Waals surface area contributed by atoms with Gasteiger partial charge in [0, 0.05) is 0 Å². The molecule has 0 amide bonds. The molecule has 1 fully saturated rings. The summed E-state index contributed by atoms with van der Waals surface area (Å²) in [6.07, 6.45) is 9.75. The molecule has 3 nitrogen and oxygen atoms in total. The molecule has 0 saturated carbocycles. The van der Waals surface area contributed by atoms with Crippen LogP contribution >= 0.6 is 0 Å². The second-order valence-electron chi connectivity index (χ2n) is 8.93. The zero-order valence-electron chi connectivity index (χ0n) is 20.3. The number of aryl methyl sites for hydroxylation is 2. The average molecular weight is 436 g/mol. The number of halogens is 1. The van der Waals surface area contributed by atoms with Crippen LogP contribution in [0.3, 0.4) is 0 Å². The molecule has 1 aliphatic rings. The number of carbonyl (C=O) groups excluding carboxylic acids is 1. The number of allylic oxidation sites excluding steroid dienone is 4. The number of piperidine rings is 1. The molecule has 0 radical (unpaired) electrons. The summed E-state index contributed by atoms with van der Waals surface area (Å²) in [7, 11) is 0.557. The minimum atomic E-state index is -0.194. The van der Waals surface area contributed by atoms with Crippen molar-refractivity contribution >= 4 is 18.7 Å². The second-order valence-corrected chi connectivity index (χ2v) is 8.93. The maximum Gasteiger partial charge on any atom is 0.213 e. The molecule has 32 heavy (non-hydrogen) atoms. The monoisotopic (exact) mass is 436 g/mol. The van der Waals surface area contributed by atoms with Crippen LogP contribution < -0.4 is 5.32 Å². The first-order chi connectivity index (χ1) is 15.3. The predicted octanol–water partition coefficient (Wildman–Crippen LogP) is 5.71. The van der Waals surface area contributed by atoms with Crippen LogP contribution in [0.5, 0.6) is 0 Å². The van der Waals surface area contributed by atoms with E-state index in [0.29, 0.717) is 18.9 Å². The van der Waals surface area contributed by atoms with E-state index in [2.05, 4.69) is 18.0 Å². The van der Waals surface area contributed by atoms with Crippen LogP contribution in [0.2, 0.25) is 6.32 Å². The van der Waals surface area contributed by atoms with E-state index in [1.807, 2.05) is 39.8 Å². The Bertz CT molecular complexity index is 895. The lowest BCUT2D eigenvalue weighted by atomic mass is 9.63. The lowest BCUT2D eigenvalue weighted by Crippen LogP contribution is -2.30. The summed E-state index contributed by atoms with van der Waals surface area (Å²) in [6.45, 7) is 14.0. The largest absolute Gasteiger partial charge is 0.317 e. The number of aliphatic imine (C=N–C) groups is 1. The van der Waals surface area contributed by atoms with Crippen molar-refractivity contribution in [3.05, 3.63) is 70.7 Å². The third kappa shape index (κ3) is 8.35. The van der Waals surface area contributed by atoms with Crippen LogP contribution in [-0.2, 0) is 11.2 Å². The van der Waals surface area contributed by atoms with Gasteiger partial charge in [0.05, 0.1) is 11.4 Å². The highest BCUT2D eigenvalue weighted by atomic mass is 19.1. The highest BCUT2D eigenvalue weighted by molar-refractivity contribution is 6.88. The first kappa shape index (κ1) is 26.0. The minimum Gasteiger partial charge on any atom is -0.317 e. The molecule has 1 aliphatic heterocycles. The summed E-state index contributed by atoms with van der Waals surface area (Å²) in [5, 5.41) is 3.37. The van der Waals surface area contributed by atoms with Crippen molar-refractivity contribution in [2.24, 2.45) is 10.9 Å². The van der Waals surface area contributed by atoms with Gasteiger partial charge in [0.15, 0.2) is 0 Å². The third-order valence-corrected chi connectivity index (χ3v) is 6.20. The molecular formula is C27H38BFN2O. The Kier molecular flexibility index (Phi) is 10.8. The van der Waals surface area contributed by atoms with Crippen molar-refractivity contribution < 1.29 is 9.18 Å². The molecule has 0 aromatic heterocycles. The Hall–Kier alpha value is -2.27. The minimum absolute atomic E-state index is 0.123. The molecule has 0 spiro atoms. The average Bonchev–Trinajstić information content (AvgIpc) is 2.78. The quantitative estimate of drug-likeness (QED) is 0.275. The number of nitrogens with one attached hydrogen (secondary N) is 1. The summed E-state index contributed by atoms with van der Waals surface area (Å²) in [6, 6.07) is 4.95. The molecule has 1 N–H and O–H groups in total. The van der Waals surface area contributed by atoms with E-state index in [4.69, 9.17) is 4.99 Å². The number of hydrogen-bond donors (Lipinski definition) is 1. The SMILES string of the molecule is C=C(C)C(/N=C(\C)C(=O)BCC1CCNCC1)=C(\C=C/C)CCCc1cc(F)ccc1C. The van der Waals surface area contributed by atoms with Crippen molar-refractivity contribution in [3.8, 4) is 0 Å². The van der Waals surface area contributed by atoms with Crippen LogP contribution in [0.15, 0.2) is 58.8 Å². The summed E-state index contributed by atoms with van der Waals surface area (Å²) >= 11 is 0. The molecule has 1 aromatic rings.